The van der Waals surface area contributed by atoms with Crippen molar-refractivity contribution in [3.05, 3.63) is 0 Å². The van der Waals surface area contributed by atoms with Crippen molar-refractivity contribution in [3.8, 4) is 0 Å². The first-order valence-corrected chi connectivity index (χ1v) is 6.92. The molecule has 0 heterocycles. The molecule has 1 unspecified atom stereocenters. The van der Waals surface area contributed by atoms with E-state index in [9.17, 15) is 5.11 Å². The van der Waals surface area contributed by atoms with E-state index >= 15 is 0 Å². The van der Waals surface area contributed by atoms with Gasteiger partial charge in [-0.15, -0.1) is 0 Å². The van der Waals surface area contributed by atoms with Gasteiger partial charge in [0.25, 0.3) is 0 Å². The number of rotatable bonds is 6. The molecule has 1 rings (SSSR count). The Morgan fingerprint density at radius 1 is 1.13 bits per heavy atom. The number of unbranched alkanes of at least 4 members (excludes halogenated alkanes) is 1. The van der Waals surface area contributed by atoms with Crippen LogP contribution in [0.3, 0.4) is 0 Å². The van der Waals surface area contributed by atoms with Crippen LogP contribution < -0.4 is 0 Å². The molecule has 0 bridgehead atoms. The van der Waals surface area contributed by atoms with Crippen LogP contribution in [0.1, 0.15) is 78.1 Å². The van der Waals surface area contributed by atoms with Gasteiger partial charge in [-0.1, -0.05) is 58.8 Å². The van der Waals surface area contributed by atoms with Gasteiger partial charge in [0, 0.05) is 0 Å². The molecular formula is C14H28O. The molecule has 0 radical (unpaired) electrons. The first-order chi connectivity index (χ1) is 7.20. The lowest BCUT2D eigenvalue weighted by atomic mass is 9.77. The minimum absolute atomic E-state index is 0.299. The van der Waals surface area contributed by atoms with Crippen molar-refractivity contribution in [3.63, 3.8) is 0 Å². The highest BCUT2D eigenvalue weighted by Gasteiger charge is 2.31. The van der Waals surface area contributed by atoms with Crippen molar-refractivity contribution < 1.29 is 5.11 Å². The molecule has 1 heteroatoms. The van der Waals surface area contributed by atoms with E-state index in [0.717, 1.165) is 25.2 Å². The summed E-state index contributed by atoms with van der Waals surface area (Å²) in [6.45, 7) is 4.52. The maximum Gasteiger partial charge on any atom is 0.0650 e. The van der Waals surface area contributed by atoms with Crippen LogP contribution in [0.15, 0.2) is 0 Å². The Balaban J connectivity index is 2.34. The fraction of sp³-hybridized carbons (Fsp3) is 1.00. The molecule has 90 valence electrons. The Kier molecular flexibility index (Phi) is 5.66. The predicted molar refractivity (Wildman–Crippen MR) is 66.0 cm³/mol. The Morgan fingerprint density at radius 3 is 2.33 bits per heavy atom. The fourth-order valence-corrected chi connectivity index (χ4v) is 2.89. The summed E-state index contributed by atoms with van der Waals surface area (Å²) in [5.41, 5.74) is -0.299. The first kappa shape index (κ1) is 13.0. The van der Waals surface area contributed by atoms with E-state index in [1.807, 2.05) is 0 Å². The highest BCUT2D eigenvalue weighted by molar-refractivity contribution is 4.84. The van der Waals surface area contributed by atoms with Crippen LogP contribution in [-0.4, -0.2) is 10.7 Å². The molecule has 1 aliphatic carbocycles. The summed E-state index contributed by atoms with van der Waals surface area (Å²) in [6.07, 6.45) is 12.1. The average Bonchev–Trinajstić information content (AvgIpc) is 2.25. The summed E-state index contributed by atoms with van der Waals surface area (Å²) < 4.78 is 0. The van der Waals surface area contributed by atoms with Crippen molar-refractivity contribution >= 4 is 0 Å². The molecule has 1 aliphatic rings. The van der Waals surface area contributed by atoms with Crippen LogP contribution >= 0.6 is 0 Å². The van der Waals surface area contributed by atoms with Crippen molar-refractivity contribution in [1.82, 2.24) is 0 Å². The van der Waals surface area contributed by atoms with Gasteiger partial charge in [-0.2, -0.15) is 0 Å². The molecule has 0 aliphatic heterocycles. The lowest BCUT2D eigenvalue weighted by Gasteiger charge is -2.35. The second-order valence-corrected chi connectivity index (χ2v) is 5.41. The molecule has 0 aromatic carbocycles. The molecule has 15 heavy (non-hydrogen) atoms. The first-order valence-electron chi connectivity index (χ1n) is 6.92. The smallest absolute Gasteiger partial charge is 0.0650 e. The molecule has 0 aromatic heterocycles. The van der Waals surface area contributed by atoms with E-state index in [0.29, 0.717) is 0 Å². The second kappa shape index (κ2) is 6.52. The molecule has 1 N–H and O–H groups in total. The summed E-state index contributed by atoms with van der Waals surface area (Å²) >= 11 is 0. The number of aliphatic hydroxyl groups is 1. The summed E-state index contributed by atoms with van der Waals surface area (Å²) in [5.74, 6) is 0.757. The summed E-state index contributed by atoms with van der Waals surface area (Å²) in [6, 6.07) is 0. The maximum atomic E-state index is 10.5. The molecule has 1 fully saturated rings. The molecule has 0 aromatic rings. The zero-order valence-corrected chi connectivity index (χ0v) is 10.6. The van der Waals surface area contributed by atoms with E-state index in [4.69, 9.17) is 0 Å². The normalized spacial score (nSPS) is 22.6. The standard InChI is InChI=1S/C14H28O/c1-3-5-9-13(4-2)12-14(15)10-7-6-8-11-14/h13,15H,3-12H2,1-2H3. The van der Waals surface area contributed by atoms with Gasteiger partial charge in [0.2, 0.25) is 0 Å². The molecule has 1 nitrogen and oxygen atoms in total. The Morgan fingerprint density at radius 2 is 1.80 bits per heavy atom. The number of hydrogen-bond acceptors (Lipinski definition) is 1. The molecule has 0 spiro atoms. The number of hydrogen-bond donors (Lipinski definition) is 1. The predicted octanol–water partition coefficient (Wildman–Crippen LogP) is 4.29. The molecule has 1 saturated carbocycles. The Bertz CT molecular complexity index is 159. The SMILES string of the molecule is CCCCC(CC)CC1(O)CCCCC1. The Labute approximate surface area is 95.3 Å². The summed E-state index contributed by atoms with van der Waals surface area (Å²) in [5, 5.41) is 10.5. The van der Waals surface area contributed by atoms with E-state index in [2.05, 4.69) is 13.8 Å². The van der Waals surface area contributed by atoms with Gasteiger partial charge in [-0.05, 0) is 25.2 Å². The van der Waals surface area contributed by atoms with Gasteiger partial charge in [0.15, 0.2) is 0 Å². The largest absolute Gasteiger partial charge is 0.390 e. The van der Waals surface area contributed by atoms with Crippen LogP contribution in [0.5, 0.6) is 0 Å². The topological polar surface area (TPSA) is 20.2 Å². The van der Waals surface area contributed by atoms with Crippen molar-refractivity contribution in [2.45, 2.75) is 83.7 Å². The van der Waals surface area contributed by atoms with Gasteiger partial charge in [-0.25, -0.2) is 0 Å². The summed E-state index contributed by atoms with van der Waals surface area (Å²) in [4.78, 5) is 0. The van der Waals surface area contributed by atoms with Crippen LogP contribution in [0.25, 0.3) is 0 Å². The molecule has 1 atom stereocenters. The molecular weight excluding hydrogens is 184 g/mol. The van der Waals surface area contributed by atoms with Crippen molar-refractivity contribution in [2.75, 3.05) is 0 Å². The second-order valence-electron chi connectivity index (χ2n) is 5.41. The van der Waals surface area contributed by atoms with Crippen molar-refractivity contribution in [2.24, 2.45) is 5.92 Å². The monoisotopic (exact) mass is 212 g/mol. The third-order valence-corrected chi connectivity index (χ3v) is 4.00. The third kappa shape index (κ3) is 4.55. The van der Waals surface area contributed by atoms with Crippen molar-refractivity contribution in [1.29, 1.82) is 0 Å². The van der Waals surface area contributed by atoms with E-state index < -0.39 is 0 Å². The fourth-order valence-electron chi connectivity index (χ4n) is 2.89. The highest BCUT2D eigenvalue weighted by Crippen LogP contribution is 2.35. The summed E-state index contributed by atoms with van der Waals surface area (Å²) in [7, 11) is 0. The van der Waals surface area contributed by atoms with Crippen LogP contribution in [0.2, 0.25) is 0 Å². The minimum Gasteiger partial charge on any atom is -0.390 e. The van der Waals surface area contributed by atoms with Gasteiger partial charge in [-0.3, -0.25) is 0 Å². The maximum absolute atomic E-state index is 10.5. The highest BCUT2D eigenvalue weighted by atomic mass is 16.3. The molecule has 0 saturated heterocycles. The quantitative estimate of drug-likeness (QED) is 0.696. The lowest BCUT2D eigenvalue weighted by Crippen LogP contribution is -2.33. The van der Waals surface area contributed by atoms with E-state index in [1.165, 1.54) is 44.9 Å². The Hall–Kier alpha value is -0.0400. The van der Waals surface area contributed by atoms with Crippen LogP contribution in [0, 0.1) is 5.92 Å². The van der Waals surface area contributed by atoms with Gasteiger partial charge in [0.05, 0.1) is 5.60 Å². The lowest BCUT2D eigenvalue weighted by molar-refractivity contribution is -0.0192. The zero-order chi connectivity index (χ0) is 11.1. The van der Waals surface area contributed by atoms with Crippen LogP contribution in [0.4, 0.5) is 0 Å². The third-order valence-electron chi connectivity index (χ3n) is 4.00. The average molecular weight is 212 g/mol. The van der Waals surface area contributed by atoms with Gasteiger partial charge in [0.1, 0.15) is 0 Å². The van der Waals surface area contributed by atoms with Crippen LogP contribution in [-0.2, 0) is 0 Å². The van der Waals surface area contributed by atoms with E-state index in [-0.39, 0.29) is 5.60 Å². The van der Waals surface area contributed by atoms with Gasteiger partial charge < -0.3 is 5.11 Å². The minimum atomic E-state index is -0.299. The molecule has 0 amide bonds. The van der Waals surface area contributed by atoms with E-state index in [1.54, 1.807) is 0 Å². The van der Waals surface area contributed by atoms with Gasteiger partial charge >= 0.3 is 0 Å². The zero-order valence-electron chi connectivity index (χ0n) is 10.6.